The van der Waals surface area contributed by atoms with E-state index >= 15 is 0 Å². The van der Waals surface area contributed by atoms with Crippen LogP contribution in [0.25, 0.3) is 0 Å². The van der Waals surface area contributed by atoms with Crippen molar-refractivity contribution in [1.82, 2.24) is 5.32 Å². The zero-order chi connectivity index (χ0) is 15.9. The molecule has 23 heavy (non-hydrogen) atoms. The molecule has 2 aromatic rings. The Balaban J connectivity index is 1.42. The molecule has 0 bridgehead atoms. The van der Waals surface area contributed by atoms with Gasteiger partial charge < -0.3 is 15.0 Å². The summed E-state index contributed by atoms with van der Waals surface area (Å²) in [5.41, 5.74) is 2.31. The minimum Gasteiger partial charge on any atom is -0.490 e. The van der Waals surface area contributed by atoms with Gasteiger partial charge in [0.15, 0.2) is 0 Å². The molecule has 0 saturated carbocycles. The molecule has 0 aromatic heterocycles. The van der Waals surface area contributed by atoms with Gasteiger partial charge in [0.1, 0.15) is 12.4 Å². The van der Waals surface area contributed by atoms with E-state index in [0.29, 0.717) is 19.6 Å². The lowest BCUT2D eigenvalue weighted by Gasteiger charge is -2.31. The van der Waals surface area contributed by atoms with Crippen LogP contribution in [0, 0.1) is 0 Å². The van der Waals surface area contributed by atoms with Crippen LogP contribution in [-0.4, -0.2) is 32.1 Å². The van der Waals surface area contributed by atoms with Gasteiger partial charge in [-0.3, -0.25) is 4.79 Å². The minimum absolute atomic E-state index is 0.107. The molecule has 2 aromatic carbocycles. The highest BCUT2D eigenvalue weighted by molar-refractivity contribution is 5.76. The van der Waals surface area contributed by atoms with Crippen LogP contribution in [0.4, 0.5) is 5.69 Å². The van der Waals surface area contributed by atoms with Crippen molar-refractivity contribution in [3.8, 4) is 5.75 Å². The van der Waals surface area contributed by atoms with Crippen molar-refractivity contribution >= 4 is 11.6 Å². The van der Waals surface area contributed by atoms with Crippen LogP contribution in [0.3, 0.4) is 0 Å². The molecular weight excluding hydrogens is 288 g/mol. The molecule has 1 N–H and O–H groups in total. The lowest BCUT2D eigenvalue weighted by atomic mass is 10.1. The zero-order valence-corrected chi connectivity index (χ0v) is 13.2. The summed E-state index contributed by atoms with van der Waals surface area (Å²) in [5, 5.41) is 3.01. The molecule has 0 aliphatic carbocycles. The normalized spacial score (nSPS) is 13.1. The summed E-state index contributed by atoms with van der Waals surface area (Å²) >= 11 is 0. The van der Waals surface area contributed by atoms with Crippen LogP contribution in [0.5, 0.6) is 5.75 Å². The maximum atomic E-state index is 11.9. The maximum Gasteiger partial charge on any atom is 0.220 e. The third-order valence-corrected chi connectivity index (χ3v) is 4.01. The molecule has 3 rings (SSSR count). The molecule has 1 aliphatic heterocycles. The van der Waals surface area contributed by atoms with E-state index in [4.69, 9.17) is 4.74 Å². The highest BCUT2D eigenvalue weighted by atomic mass is 16.5. The predicted octanol–water partition coefficient (Wildman–Crippen LogP) is 2.63. The zero-order valence-electron chi connectivity index (χ0n) is 13.2. The lowest BCUT2D eigenvalue weighted by molar-refractivity contribution is -0.120. The van der Waals surface area contributed by atoms with Crippen molar-refractivity contribution in [3.05, 3.63) is 60.2 Å². The standard InChI is InChI=1S/C19H22N2O2/c22-19(11-10-16-6-2-1-3-7-16)20-12-13-21-14-15-23-18-9-5-4-8-17(18)21/h1-9H,10-15H2,(H,20,22). The fourth-order valence-electron chi connectivity index (χ4n) is 2.78. The number of nitrogens with one attached hydrogen (secondary N) is 1. The number of hydrogen-bond donors (Lipinski definition) is 1. The Labute approximate surface area is 137 Å². The Bertz CT molecular complexity index is 643. The first kappa shape index (κ1) is 15.4. The first-order valence-corrected chi connectivity index (χ1v) is 8.10. The number of carbonyl (C=O) groups excluding carboxylic acids is 1. The first-order valence-electron chi connectivity index (χ1n) is 8.10. The maximum absolute atomic E-state index is 11.9. The molecule has 4 nitrogen and oxygen atoms in total. The van der Waals surface area contributed by atoms with Crippen LogP contribution >= 0.6 is 0 Å². The molecule has 1 heterocycles. The number of anilines is 1. The second kappa shape index (κ2) is 7.68. The molecule has 0 spiro atoms. The van der Waals surface area contributed by atoms with Crippen molar-refractivity contribution in [1.29, 1.82) is 0 Å². The third-order valence-electron chi connectivity index (χ3n) is 4.01. The van der Waals surface area contributed by atoms with Crippen LogP contribution in [0.15, 0.2) is 54.6 Å². The van der Waals surface area contributed by atoms with Gasteiger partial charge in [-0.05, 0) is 24.1 Å². The van der Waals surface area contributed by atoms with Crippen LogP contribution in [-0.2, 0) is 11.2 Å². The van der Waals surface area contributed by atoms with Crippen LogP contribution in [0.2, 0.25) is 0 Å². The summed E-state index contributed by atoms with van der Waals surface area (Å²) < 4.78 is 5.64. The van der Waals surface area contributed by atoms with E-state index in [1.807, 2.05) is 36.4 Å². The Morgan fingerprint density at radius 3 is 2.74 bits per heavy atom. The van der Waals surface area contributed by atoms with E-state index in [2.05, 4.69) is 28.4 Å². The summed E-state index contributed by atoms with van der Waals surface area (Å²) in [5.74, 6) is 1.03. The quantitative estimate of drug-likeness (QED) is 0.892. The average molecular weight is 310 g/mol. The van der Waals surface area contributed by atoms with Crippen molar-refractivity contribution in [2.75, 3.05) is 31.1 Å². The van der Waals surface area contributed by atoms with Crippen molar-refractivity contribution in [2.24, 2.45) is 0 Å². The molecule has 1 amide bonds. The second-order valence-corrected chi connectivity index (χ2v) is 5.64. The lowest BCUT2D eigenvalue weighted by Crippen LogP contribution is -2.39. The topological polar surface area (TPSA) is 41.6 Å². The van der Waals surface area contributed by atoms with Crippen LogP contribution in [0.1, 0.15) is 12.0 Å². The average Bonchev–Trinajstić information content (AvgIpc) is 2.61. The van der Waals surface area contributed by atoms with Gasteiger partial charge in [-0.1, -0.05) is 42.5 Å². The van der Waals surface area contributed by atoms with E-state index in [-0.39, 0.29) is 5.91 Å². The Kier molecular flexibility index (Phi) is 5.14. The molecule has 0 saturated heterocycles. The number of carbonyl (C=O) groups is 1. The van der Waals surface area contributed by atoms with Gasteiger partial charge in [0, 0.05) is 19.5 Å². The highest BCUT2D eigenvalue weighted by Gasteiger charge is 2.16. The van der Waals surface area contributed by atoms with Crippen molar-refractivity contribution in [2.45, 2.75) is 12.8 Å². The van der Waals surface area contributed by atoms with E-state index in [1.165, 1.54) is 5.56 Å². The number of rotatable bonds is 6. The second-order valence-electron chi connectivity index (χ2n) is 5.64. The Hall–Kier alpha value is -2.49. The van der Waals surface area contributed by atoms with Gasteiger partial charge in [-0.2, -0.15) is 0 Å². The molecule has 0 atom stereocenters. The summed E-state index contributed by atoms with van der Waals surface area (Å²) in [7, 11) is 0. The van der Waals surface area contributed by atoms with Gasteiger partial charge in [0.25, 0.3) is 0 Å². The Morgan fingerprint density at radius 2 is 1.87 bits per heavy atom. The summed E-state index contributed by atoms with van der Waals surface area (Å²) in [6.45, 7) is 3.01. The SMILES string of the molecule is O=C(CCc1ccccc1)NCCN1CCOc2ccccc21. The summed E-state index contributed by atoms with van der Waals surface area (Å²) in [6.07, 6.45) is 1.32. The molecule has 4 heteroatoms. The Morgan fingerprint density at radius 1 is 1.09 bits per heavy atom. The van der Waals surface area contributed by atoms with E-state index < -0.39 is 0 Å². The molecular formula is C19H22N2O2. The van der Waals surface area contributed by atoms with Gasteiger partial charge >= 0.3 is 0 Å². The number of fused-ring (bicyclic) bond motifs is 1. The number of ether oxygens (including phenoxy) is 1. The van der Waals surface area contributed by atoms with E-state index in [1.54, 1.807) is 0 Å². The number of amides is 1. The summed E-state index contributed by atoms with van der Waals surface area (Å²) in [6, 6.07) is 18.1. The summed E-state index contributed by atoms with van der Waals surface area (Å²) in [4.78, 5) is 14.2. The largest absolute Gasteiger partial charge is 0.490 e. The number of hydrogen-bond acceptors (Lipinski definition) is 3. The molecule has 1 aliphatic rings. The number of aryl methyl sites for hydroxylation is 1. The molecule has 0 fully saturated rings. The van der Waals surface area contributed by atoms with Gasteiger partial charge in [0.05, 0.1) is 12.2 Å². The smallest absolute Gasteiger partial charge is 0.220 e. The van der Waals surface area contributed by atoms with E-state index in [0.717, 1.165) is 30.9 Å². The monoisotopic (exact) mass is 310 g/mol. The molecule has 120 valence electrons. The number of para-hydroxylation sites is 2. The van der Waals surface area contributed by atoms with Crippen molar-refractivity contribution < 1.29 is 9.53 Å². The number of benzene rings is 2. The fourth-order valence-corrected chi connectivity index (χ4v) is 2.78. The van der Waals surface area contributed by atoms with Gasteiger partial charge in [-0.15, -0.1) is 0 Å². The molecule has 0 radical (unpaired) electrons. The van der Waals surface area contributed by atoms with Gasteiger partial charge in [-0.25, -0.2) is 0 Å². The fraction of sp³-hybridized carbons (Fsp3) is 0.316. The van der Waals surface area contributed by atoms with Gasteiger partial charge in [0.2, 0.25) is 5.91 Å². The minimum atomic E-state index is 0.107. The number of nitrogens with zero attached hydrogens (tertiary/aromatic N) is 1. The molecule has 0 unspecified atom stereocenters. The first-order chi connectivity index (χ1) is 11.3. The predicted molar refractivity (Wildman–Crippen MR) is 91.9 cm³/mol. The highest BCUT2D eigenvalue weighted by Crippen LogP contribution is 2.30. The van der Waals surface area contributed by atoms with E-state index in [9.17, 15) is 4.79 Å². The van der Waals surface area contributed by atoms with Crippen LogP contribution < -0.4 is 15.0 Å². The third kappa shape index (κ3) is 4.25. The van der Waals surface area contributed by atoms with Crippen molar-refractivity contribution in [3.63, 3.8) is 0 Å².